The van der Waals surface area contributed by atoms with Crippen molar-refractivity contribution in [3.8, 4) is 0 Å². The molecule has 0 spiro atoms. The molecule has 2 aromatic rings. The van der Waals surface area contributed by atoms with Crippen LogP contribution in [-0.2, 0) is 17.8 Å². The van der Waals surface area contributed by atoms with Crippen molar-refractivity contribution in [2.45, 2.75) is 33.7 Å². The summed E-state index contributed by atoms with van der Waals surface area (Å²) in [7, 11) is 0. The number of aromatic nitrogens is 3. The Kier molecular flexibility index (Phi) is 5.02. The van der Waals surface area contributed by atoms with E-state index in [1.54, 1.807) is 23.2 Å². The molecular weight excluding hydrogens is 294 g/mol. The van der Waals surface area contributed by atoms with Gasteiger partial charge in [0.15, 0.2) is 5.13 Å². The van der Waals surface area contributed by atoms with E-state index in [1.165, 1.54) is 11.3 Å². The average molecular weight is 311 g/mol. The largest absolute Gasteiger partial charge is 0.354 e. The molecule has 2 rings (SSSR count). The fraction of sp³-hybridized carbons (Fsp3) is 0.500. The Morgan fingerprint density at radius 3 is 2.80 bits per heavy atom. The zero-order chi connectivity index (χ0) is 14.5. The number of carbonyl (C=O) groups is 1. The van der Waals surface area contributed by atoms with Gasteiger partial charge in [0.05, 0.1) is 12.2 Å². The topological polar surface area (TPSA) is 71.0 Å². The van der Waals surface area contributed by atoms with Gasteiger partial charge in [0.25, 0.3) is 0 Å². The molecule has 0 saturated carbocycles. The van der Waals surface area contributed by atoms with Crippen molar-refractivity contribution in [1.82, 2.24) is 15.2 Å². The van der Waals surface area contributed by atoms with Crippen molar-refractivity contribution in [2.24, 2.45) is 0 Å². The molecule has 0 aromatic carbocycles. The second kappa shape index (κ2) is 6.76. The minimum absolute atomic E-state index is 0.0121. The normalized spacial score (nSPS) is 10.6. The molecule has 0 aliphatic carbocycles. The monoisotopic (exact) mass is 311 g/mol. The Hall–Kier alpha value is -1.54. The number of thiazole rings is 1. The van der Waals surface area contributed by atoms with Gasteiger partial charge in [-0.05, 0) is 13.3 Å². The minimum Gasteiger partial charge on any atom is -0.354 e. The standard InChI is InChI=1S/C12H17N5OS2/c1-4-10-15-16-11(20-10)13-6-9-7-19-12(14-9)17(5-2)8(3)18/h7H,4-6H2,1-3H3,(H,13,16). The lowest BCUT2D eigenvalue weighted by Crippen LogP contribution is -2.27. The first-order chi connectivity index (χ1) is 9.63. The Balaban J connectivity index is 1.97. The molecule has 6 nitrogen and oxygen atoms in total. The lowest BCUT2D eigenvalue weighted by molar-refractivity contribution is -0.116. The van der Waals surface area contributed by atoms with E-state index in [4.69, 9.17) is 0 Å². The zero-order valence-corrected chi connectivity index (χ0v) is 13.3. The maximum absolute atomic E-state index is 11.5. The van der Waals surface area contributed by atoms with Crippen LogP contribution in [-0.4, -0.2) is 27.6 Å². The predicted octanol–water partition coefficient (Wildman–Crippen LogP) is 2.54. The van der Waals surface area contributed by atoms with Crippen molar-refractivity contribution < 1.29 is 4.79 Å². The maximum atomic E-state index is 11.5. The van der Waals surface area contributed by atoms with Gasteiger partial charge >= 0.3 is 0 Å². The predicted molar refractivity (Wildman–Crippen MR) is 82.4 cm³/mol. The molecule has 0 bridgehead atoms. The second-order valence-corrected chi connectivity index (χ2v) is 5.99. The smallest absolute Gasteiger partial charge is 0.225 e. The van der Waals surface area contributed by atoms with Crippen LogP contribution in [0.15, 0.2) is 5.38 Å². The SMILES string of the molecule is CCc1nnc(NCc2csc(N(CC)C(C)=O)n2)s1. The number of carbonyl (C=O) groups excluding carboxylic acids is 1. The zero-order valence-electron chi connectivity index (χ0n) is 11.7. The Bertz CT molecular complexity index is 580. The highest BCUT2D eigenvalue weighted by Crippen LogP contribution is 2.22. The molecular formula is C12H17N5OS2. The molecule has 0 fully saturated rings. The van der Waals surface area contributed by atoms with Crippen LogP contribution >= 0.6 is 22.7 Å². The van der Waals surface area contributed by atoms with Crippen molar-refractivity contribution >= 4 is 38.8 Å². The van der Waals surface area contributed by atoms with E-state index in [9.17, 15) is 4.79 Å². The van der Waals surface area contributed by atoms with Gasteiger partial charge in [-0.25, -0.2) is 4.98 Å². The summed E-state index contributed by atoms with van der Waals surface area (Å²) in [6.45, 7) is 6.76. The second-order valence-electron chi connectivity index (χ2n) is 4.09. The van der Waals surface area contributed by atoms with Gasteiger partial charge in [0.2, 0.25) is 11.0 Å². The van der Waals surface area contributed by atoms with Gasteiger partial charge in [0, 0.05) is 18.8 Å². The third-order valence-electron chi connectivity index (χ3n) is 2.66. The Morgan fingerprint density at radius 2 is 2.20 bits per heavy atom. The number of nitrogens with zero attached hydrogens (tertiary/aromatic N) is 4. The number of hydrogen-bond acceptors (Lipinski definition) is 7. The van der Waals surface area contributed by atoms with E-state index in [1.807, 2.05) is 12.3 Å². The van der Waals surface area contributed by atoms with Crippen molar-refractivity contribution in [3.63, 3.8) is 0 Å². The minimum atomic E-state index is 0.0121. The summed E-state index contributed by atoms with van der Waals surface area (Å²) >= 11 is 3.03. The van der Waals surface area contributed by atoms with Crippen LogP contribution in [0.3, 0.4) is 0 Å². The fourth-order valence-electron chi connectivity index (χ4n) is 1.63. The van der Waals surface area contributed by atoms with Crippen LogP contribution in [0.5, 0.6) is 0 Å². The first-order valence-electron chi connectivity index (χ1n) is 6.42. The first-order valence-corrected chi connectivity index (χ1v) is 8.12. The summed E-state index contributed by atoms with van der Waals surface area (Å²) in [5.41, 5.74) is 0.901. The molecule has 0 saturated heterocycles. The number of nitrogens with one attached hydrogen (secondary N) is 1. The van der Waals surface area contributed by atoms with Crippen molar-refractivity contribution in [3.05, 3.63) is 16.1 Å². The summed E-state index contributed by atoms with van der Waals surface area (Å²) in [6.07, 6.45) is 0.893. The number of hydrogen-bond donors (Lipinski definition) is 1. The van der Waals surface area contributed by atoms with E-state index in [0.717, 1.165) is 27.4 Å². The number of rotatable bonds is 6. The number of aryl methyl sites for hydroxylation is 1. The third kappa shape index (κ3) is 3.51. The van der Waals surface area contributed by atoms with Gasteiger partial charge in [-0.15, -0.1) is 21.5 Å². The highest BCUT2D eigenvalue weighted by atomic mass is 32.1. The Labute approximate surface area is 125 Å². The number of amides is 1. The van der Waals surface area contributed by atoms with E-state index >= 15 is 0 Å². The highest BCUT2D eigenvalue weighted by Gasteiger charge is 2.13. The van der Waals surface area contributed by atoms with Crippen LogP contribution in [0.1, 0.15) is 31.5 Å². The van der Waals surface area contributed by atoms with Crippen LogP contribution in [0.25, 0.3) is 0 Å². The molecule has 0 aliphatic rings. The van der Waals surface area contributed by atoms with Gasteiger partial charge in [-0.1, -0.05) is 18.3 Å². The van der Waals surface area contributed by atoms with E-state index in [-0.39, 0.29) is 5.91 Å². The van der Waals surface area contributed by atoms with Gasteiger partial charge in [-0.3, -0.25) is 9.69 Å². The van der Waals surface area contributed by atoms with Crippen LogP contribution in [0.2, 0.25) is 0 Å². The van der Waals surface area contributed by atoms with E-state index < -0.39 is 0 Å². The summed E-state index contributed by atoms with van der Waals surface area (Å²) in [5.74, 6) is 0.0121. The molecule has 0 atom stereocenters. The van der Waals surface area contributed by atoms with E-state index in [0.29, 0.717) is 13.1 Å². The van der Waals surface area contributed by atoms with Gasteiger partial charge in [0.1, 0.15) is 5.01 Å². The molecule has 0 unspecified atom stereocenters. The average Bonchev–Trinajstić information content (AvgIpc) is 3.05. The van der Waals surface area contributed by atoms with Gasteiger partial charge in [-0.2, -0.15) is 0 Å². The summed E-state index contributed by atoms with van der Waals surface area (Å²) in [4.78, 5) is 17.6. The van der Waals surface area contributed by atoms with Crippen LogP contribution in [0, 0.1) is 0 Å². The molecule has 2 heterocycles. The lowest BCUT2D eigenvalue weighted by Gasteiger charge is -2.14. The molecule has 0 radical (unpaired) electrons. The third-order valence-corrected chi connectivity index (χ3v) is 4.59. The molecule has 2 aromatic heterocycles. The lowest BCUT2D eigenvalue weighted by atomic mass is 10.5. The molecule has 1 amide bonds. The molecule has 108 valence electrons. The quantitative estimate of drug-likeness (QED) is 0.887. The Morgan fingerprint density at radius 1 is 1.40 bits per heavy atom. The first kappa shape index (κ1) is 14.9. The molecule has 8 heteroatoms. The van der Waals surface area contributed by atoms with Crippen molar-refractivity contribution in [2.75, 3.05) is 16.8 Å². The van der Waals surface area contributed by atoms with Crippen LogP contribution in [0.4, 0.5) is 10.3 Å². The summed E-state index contributed by atoms with van der Waals surface area (Å²) in [6, 6.07) is 0. The molecule has 0 aliphatic heterocycles. The van der Waals surface area contributed by atoms with Gasteiger partial charge < -0.3 is 5.32 Å². The van der Waals surface area contributed by atoms with Crippen molar-refractivity contribution in [1.29, 1.82) is 0 Å². The summed E-state index contributed by atoms with van der Waals surface area (Å²) < 4.78 is 0. The highest BCUT2D eigenvalue weighted by molar-refractivity contribution is 7.15. The maximum Gasteiger partial charge on any atom is 0.225 e. The molecule has 1 N–H and O–H groups in total. The van der Waals surface area contributed by atoms with Crippen LogP contribution < -0.4 is 10.2 Å². The number of anilines is 2. The molecule has 20 heavy (non-hydrogen) atoms. The van der Waals surface area contributed by atoms with E-state index in [2.05, 4.69) is 27.4 Å². The summed E-state index contributed by atoms with van der Waals surface area (Å²) in [5, 5.41) is 15.8. The fourth-order valence-corrected chi connectivity index (χ4v) is 3.24.